The molecule has 16 heavy (non-hydrogen) atoms. The number of fused-ring (bicyclic) bond motifs is 1. The summed E-state index contributed by atoms with van der Waals surface area (Å²) in [7, 11) is -4.21. The van der Waals surface area contributed by atoms with Gasteiger partial charge in [-0.25, -0.2) is 0 Å². The second kappa shape index (κ2) is 4.10. The normalized spacial score (nSPS) is 11.9. The molecule has 84 valence electrons. The Morgan fingerprint density at radius 1 is 1.12 bits per heavy atom. The molecule has 0 aliphatic rings. The molecule has 0 radical (unpaired) electrons. The fourth-order valence-corrected chi connectivity index (χ4v) is 3.86. The fourth-order valence-electron chi connectivity index (χ4n) is 1.52. The van der Waals surface area contributed by atoms with Gasteiger partial charge in [0.2, 0.25) is 0 Å². The smallest absolute Gasteiger partial charge is 0.282 e. The lowest BCUT2D eigenvalue weighted by Crippen LogP contribution is -1.99. The van der Waals surface area contributed by atoms with E-state index in [1.807, 2.05) is 0 Å². The maximum atomic E-state index is 11.2. The van der Waals surface area contributed by atoms with E-state index in [1.165, 1.54) is 6.07 Å². The number of rotatable bonds is 1. The zero-order chi connectivity index (χ0) is 11.9. The van der Waals surface area contributed by atoms with Crippen LogP contribution < -0.4 is 0 Å². The molecule has 1 N–H and O–H groups in total. The third-order valence-corrected chi connectivity index (χ3v) is 4.11. The molecule has 0 unspecified atom stereocenters. The Bertz CT molecular complexity index is 665. The summed E-state index contributed by atoms with van der Waals surface area (Å²) in [4.78, 5) is -0.0932. The lowest BCUT2D eigenvalue weighted by Gasteiger charge is -2.06. The molecule has 3 nitrogen and oxygen atoms in total. The first kappa shape index (κ1) is 12.0. The molecule has 2 rings (SSSR count). The molecular weight excluding hydrogens is 360 g/mol. The Morgan fingerprint density at radius 3 is 2.44 bits per heavy atom. The van der Waals surface area contributed by atoms with E-state index in [0.29, 0.717) is 9.86 Å². The summed E-state index contributed by atoms with van der Waals surface area (Å²) in [5.74, 6) is 0. The molecule has 0 amide bonds. The standard InChI is InChI=1S/C10H6Br2O3S/c11-7-4-6-2-1-3-9(16(13,14)15)10(6)8(12)5-7/h1-5H,(H,13,14,15). The molecule has 6 heteroatoms. The molecule has 0 aliphatic carbocycles. The maximum Gasteiger partial charge on any atom is 0.295 e. The van der Waals surface area contributed by atoms with Crippen molar-refractivity contribution in [2.45, 2.75) is 4.90 Å². The zero-order valence-corrected chi connectivity index (χ0v) is 11.8. The van der Waals surface area contributed by atoms with E-state index in [1.54, 1.807) is 24.3 Å². The van der Waals surface area contributed by atoms with Crippen molar-refractivity contribution in [2.24, 2.45) is 0 Å². The van der Waals surface area contributed by atoms with Crippen LogP contribution in [0.2, 0.25) is 0 Å². The van der Waals surface area contributed by atoms with Crippen LogP contribution >= 0.6 is 31.9 Å². The first-order valence-corrected chi connectivity index (χ1v) is 7.27. The van der Waals surface area contributed by atoms with Crippen molar-refractivity contribution in [1.29, 1.82) is 0 Å². The molecule has 0 aromatic heterocycles. The summed E-state index contributed by atoms with van der Waals surface area (Å²) in [6.07, 6.45) is 0. The van der Waals surface area contributed by atoms with E-state index in [2.05, 4.69) is 31.9 Å². The van der Waals surface area contributed by atoms with E-state index in [9.17, 15) is 8.42 Å². The molecule has 0 saturated carbocycles. The number of hydrogen-bond acceptors (Lipinski definition) is 2. The van der Waals surface area contributed by atoms with Crippen LogP contribution in [0.15, 0.2) is 44.2 Å². The molecule has 0 fully saturated rings. The minimum Gasteiger partial charge on any atom is -0.282 e. The van der Waals surface area contributed by atoms with Crippen molar-refractivity contribution in [1.82, 2.24) is 0 Å². The topological polar surface area (TPSA) is 54.4 Å². The van der Waals surface area contributed by atoms with Gasteiger partial charge in [-0.1, -0.05) is 44.0 Å². The monoisotopic (exact) mass is 364 g/mol. The van der Waals surface area contributed by atoms with E-state index >= 15 is 0 Å². The Kier molecular flexibility index (Phi) is 3.09. The molecule has 0 bridgehead atoms. The van der Waals surface area contributed by atoms with Crippen molar-refractivity contribution in [3.63, 3.8) is 0 Å². The van der Waals surface area contributed by atoms with Gasteiger partial charge < -0.3 is 0 Å². The van der Waals surface area contributed by atoms with Crippen LogP contribution in [0.25, 0.3) is 10.8 Å². The molecular formula is C10H6Br2O3S. The lowest BCUT2D eigenvalue weighted by atomic mass is 10.1. The quantitative estimate of drug-likeness (QED) is 0.785. The highest BCUT2D eigenvalue weighted by Gasteiger charge is 2.15. The number of halogens is 2. The van der Waals surface area contributed by atoms with E-state index in [4.69, 9.17) is 4.55 Å². The molecule has 0 atom stereocenters. The Hall–Kier alpha value is -0.430. The van der Waals surface area contributed by atoms with Gasteiger partial charge in [-0.2, -0.15) is 8.42 Å². The summed E-state index contributed by atoms with van der Waals surface area (Å²) in [5, 5.41) is 1.21. The van der Waals surface area contributed by atoms with Crippen molar-refractivity contribution < 1.29 is 13.0 Å². The van der Waals surface area contributed by atoms with E-state index in [-0.39, 0.29) is 4.90 Å². The van der Waals surface area contributed by atoms with Crippen LogP contribution in [0.5, 0.6) is 0 Å². The summed E-state index contributed by atoms with van der Waals surface area (Å²) < 4.78 is 33.0. The summed E-state index contributed by atoms with van der Waals surface area (Å²) >= 11 is 6.60. The second-order valence-corrected chi connectivity index (χ2v) is 6.38. The van der Waals surface area contributed by atoms with Crippen LogP contribution in [0.3, 0.4) is 0 Å². The highest BCUT2D eigenvalue weighted by atomic mass is 79.9. The predicted octanol–water partition coefficient (Wildman–Crippen LogP) is 3.61. The summed E-state index contributed by atoms with van der Waals surface area (Å²) in [6.45, 7) is 0. The largest absolute Gasteiger partial charge is 0.295 e. The number of benzene rings is 2. The van der Waals surface area contributed by atoms with E-state index < -0.39 is 10.1 Å². The van der Waals surface area contributed by atoms with Crippen molar-refractivity contribution in [3.05, 3.63) is 39.3 Å². The SMILES string of the molecule is O=S(=O)(O)c1cccc2cc(Br)cc(Br)c12. The van der Waals surface area contributed by atoms with Gasteiger partial charge in [-0.15, -0.1) is 0 Å². The zero-order valence-electron chi connectivity index (χ0n) is 7.81. The number of hydrogen-bond donors (Lipinski definition) is 1. The minimum atomic E-state index is -4.21. The van der Waals surface area contributed by atoms with Crippen LogP contribution in [-0.2, 0) is 10.1 Å². The van der Waals surface area contributed by atoms with Gasteiger partial charge >= 0.3 is 0 Å². The fraction of sp³-hybridized carbons (Fsp3) is 0. The average molecular weight is 366 g/mol. The van der Waals surface area contributed by atoms with Crippen molar-refractivity contribution in [3.8, 4) is 0 Å². The van der Waals surface area contributed by atoms with Crippen LogP contribution in [0.1, 0.15) is 0 Å². The average Bonchev–Trinajstić information content (AvgIpc) is 2.14. The van der Waals surface area contributed by atoms with E-state index in [0.717, 1.165) is 9.86 Å². The van der Waals surface area contributed by atoms with Crippen molar-refractivity contribution in [2.75, 3.05) is 0 Å². The predicted molar refractivity (Wildman–Crippen MR) is 69.2 cm³/mol. The summed E-state index contributed by atoms with van der Waals surface area (Å²) in [6, 6.07) is 8.26. The maximum absolute atomic E-state index is 11.2. The van der Waals surface area contributed by atoms with Gasteiger partial charge in [0.1, 0.15) is 4.90 Å². The minimum absolute atomic E-state index is 0.0932. The van der Waals surface area contributed by atoms with Crippen LogP contribution in [-0.4, -0.2) is 13.0 Å². The van der Waals surface area contributed by atoms with Gasteiger partial charge in [0.05, 0.1) is 0 Å². The first-order chi connectivity index (χ1) is 7.39. The van der Waals surface area contributed by atoms with Crippen LogP contribution in [0.4, 0.5) is 0 Å². The third kappa shape index (κ3) is 2.15. The molecule has 0 saturated heterocycles. The van der Waals surface area contributed by atoms with Crippen LogP contribution in [0, 0.1) is 0 Å². The van der Waals surface area contributed by atoms with Crippen molar-refractivity contribution >= 4 is 52.8 Å². The molecule has 2 aromatic carbocycles. The third-order valence-electron chi connectivity index (χ3n) is 2.13. The summed E-state index contributed by atoms with van der Waals surface area (Å²) in [5.41, 5.74) is 0. The van der Waals surface area contributed by atoms with Gasteiger partial charge in [0, 0.05) is 14.3 Å². The van der Waals surface area contributed by atoms with Gasteiger partial charge in [0.15, 0.2) is 0 Å². The Balaban J connectivity index is 2.99. The lowest BCUT2D eigenvalue weighted by molar-refractivity contribution is 0.484. The second-order valence-electron chi connectivity index (χ2n) is 3.22. The molecule has 0 aliphatic heterocycles. The first-order valence-electron chi connectivity index (χ1n) is 4.25. The van der Waals surface area contributed by atoms with Gasteiger partial charge in [-0.3, -0.25) is 4.55 Å². The Morgan fingerprint density at radius 2 is 1.81 bits per heavy atom. The van der Waals surface area contributed by atoms with Gasteiger partial charge in [-0.05, 0) is 23.6 Å². The Labute approximate surface area is 109 Å². The molecule has 2 aromatic rings. The molecule has 0 spiro atoms. The highest BCUT2D eigenvalue weighted by molar-refractivity contribution is 9.11. The highest BCUT2D eigenvalue weighted by Crippen LogP contribution is 2.32. The van der Waals surface area contributed by atoms with Gasteiger partial charge in [0.25, 0.3) is 10.1 Å². The molecule has 0 heterocycles.